The van der Waals surface area contributed by atoms with Crippen molar-refractivity contribution < 1.29 is 5.11 Å². The third kappa shape index (κ3) is 7.94. The lowest BCUT2D eigenvalue weighted by molar-refractivity contribution is 0.466. The molecule has 0 spiro atoms. The van der Waals surface area contributed by atoms with Crippen LogP contribution in [-0.4, -0.2) is 5.11 Å². The van der Waals surface area contributed by atoms with Crippen LogP contribution in [0.5, 0.6) is 5.75 Å². The summed E-state index contributed by atoms with van der Waals surface area (Å²) < 4.78 is 0. The number of aryl methyl sites for hydroxylation is 1. The van der Waals surface area contributed by atoms with Crippen LogP contribution in [0.1, 0.15) is 57.4 Å². The molecule has 1 rings (SSSR count). The van der Waals surface area contributed by atoms with Crippen LogP contribution in [0.2, 0.25) is 0 Å². The monoisotopic (exact) mass is 248 g/mol. The van der Waals surface area contributed by atoms with Crippen molar-refractivity contribution in [3.63, 3.8) is 0 Å². The third-order valence-electron chi connectivity index (χ3n) is 3.04. The summed E-state index contributed by atoms with van der Waals surface area (Å²) in [4.78, 5) is 0. The molecule has 18 heavy (non-hydrogen) atoms. The maximum atomic E-state index is 9.58. The van der Waals surface area contributed by atoms with Gasteiger partial charge in [0, 0.05) is 0 Å². The molecule has 0 unspecified atom stereocenters. The lowest BCUT2D eigenvalue weighted by atomic mass is 10.0. The fraction of sp³-hybridized carbons (Fsp3) is 0.529. The van der Waals surface area contributed by atoms with Crippen LogP contribution < -0.4 is 0 Å². The summed E-state index contributed by atoms with van der Waals surface area (Å²) in [5, 5.41) is 9.58. The van der Waals surface area contributed by atoms with Crippen LogP contribution in [-0.2, 0) is 6.42 Å². The second-order valence-electron chi connectivity index (χ2n) is 4.50. The van der Waals surface area contributed by atoms with Crippen molar-refractivity contribution in [2.75, 3.05) is 0 Å². The number of hydrogen-bond acceptors (Lipinski definition) is 1. The Morgan fingerprint density at radius 1 is 0.889 bits per heavy atom. The van der Waals surface area contributed by atoms with Crippen molar-refractivity contribution in [3.8, 4) is 5.75 Å². The molecule has 0 aliphatic rings. The number of aromatic hydroxyl groups is 1. The molecule has 1 nitrogen and oxygen atoms in total. The molecular weight excluding hydrogens is 220 g/mol. The van der Waals surface area contributed by atoms with Crippen LogP contribution in [0.3, 0.4) is 0 Å². The van der Waals surface area contributed by atoms with Gasteiger partial charge in [0.25, 0.3) is 0 Å². The second-order valence-corrected chi connectivity index (χ2v) is 4.50. The van der Waals surface area contributed by atoms with Gasteiger partial charge in [-0.25, -0.2) is 0 Å². The van der Waals surface area contributed by atoms with E-state index in [-0.39, 0.29) is 0 Å². The highest BCUT2D eigenvalue weighted by Crippen LogP contribution is 2.18. The number of rotatable bonds is 8. The molecule has 0 aliphatic heterocycles. The zero-order chi connectivity index (χ0) is 13.6. The van der Waals surface area contributed by atoms with Gasteiger partial charge in [-0.2, -0.15) is 0 Å². The highest BCUT2D eigenvalue weighted by atomic mass is 16.3. The molecule has 0 saturated heterocycles. The number of para-hydroxylation sites is 1. The van der Waals surface area contributed by atoms with Gasteiger partial charge in [-0.1, -0.05) is 63.6 Å². The van der Waals surface area contributed by atoms with Crippen LogP contribution in [0.25, 0.3) is 0 Å². The molecule has 1 aromatic rings. The van der Waals surface area contributed by atoms with E-state index >= 15 is 0 Å². The summed E-state index contributed by atoms with van der Waals surface area (Å²) in [6.45, 7) is 8.25. The van der Waals surface area contributed by atoms with Crippen molar-refractivity contribution in [1.29, 1.82) is 0 Å². The summed E-state index contributed by atoms with van der Waals surface area (Å²) >= 11 is 0. The summed E-state index contributed by atoms with van der Waals surface area (Å²) in [6.07, 6.45) is 10.3. The van der Waals surface area contributed by atoms with E-state index in [2.05, 4.69) is 20.1 Å². The smallest absolute Gasteiger partial charge is 0.118 e. The minimum absolute atomic E-state index is 0.452. The third-order valence-corrected chi connectivity index (χ3v) is 3.04. The van der Waals surface area contributed by atoms with Crippen molar-refractivity contribution >= 4 is 0 Å². The number of unbranched alkanes of at least 4 members (excludes halogenated alkanes) is 6. The van der Waals surface area contributed by atoms with Gasteiger partial charge in [0.1, 0.15) is 5.75 Å². The molecule has 0 bridgehead atoms. The fourth-order valence-electron chi connectivity index (χ4n) is 1.99. The molecule has 0 heterocycles. The Bertz CT molecular complexity index is 293. The molecular formula is C17H28O. The van der Waals surface area contributed by atoms with Gasteiger partial charge in [0.2, 0.25) is 0 Å². The first kappa shape index (κ1) is 16.8. The second kappa shape index (κ2) is 12.2. The maximum Gasteiger partial charge on any atom is 0.118 e. The van der Waals surface area contributed by atoms with E-state index in [1.165, 1.54) is 44.9 Å². The van der Waals surface area contributed by atoms with Gasteiger partial charge < -0.3 is 5.11 Å². The SMILES string of the molecule is C=C.CCCCCCCCCc1ccccc1O. The predicted octanol–water partition coefficient (Wildman–Crippen LogP) is 5.49. The van der Waals surface area contributed by atoms with Crippen molar-refractivity contribution in [2.45, 2.75) is 58.3 Å². The van der Waals surface area contributed by atoms with E-state index in [9.17, 15) is 5.11 Å². The number of hydrogen-bond donors (Lipinski definition) is 1. The van der Waals surface area contributed by atoms with Gasteiger partial charge in [-0.15, -0.1) is 13.2 Å². The molecule has 0 aliphatic carbocycles. The van der Waals surface area contributed by atoms with Crippen LogP contribution in [0, 0.1) is 0 Å². The van der Waals surface area contributed by atoms with E-state index in [0.717, 1.165) is 12.0 Å². The summed E-state index contributed by atoms with van der Waals surface area (Å²) in [5.41, 5.74) is 1.09. The Morgan fingerprint density at radius 3 is 2.06 bits per heavy atom. The summed E-state index contributed by atoms with van der Waals surface area (Å²) in [5.74, 6) is 0.452. The Hall–Kier alpha value is -1.24. The summed E-state index contributed by atoms with van der Waals surface area (Å²) in [7, 11) is 0. The van der Waals surface area contributed by atoms with Crippen molar-refractivity contribution in [1.82, 2.24) is 0 Å². The molecule has 1 aromatic carbocycles. The van der Waals surface area contributed by atoms with Crippen LogP contribution in [0.4, 0.5) is 0 Å². The molecule has 0 radical (unpaired) electrons. The molecule has 1 N–H and O–H groups in total. The highest BCUT2D eigenvalue weighted by Gasteiger charge is 1.98. The van der Waals surface area contributed by atoms with E-state index in [1.807, 2.05) is 18.2 Å². The topological polar surface area (TPSA) is 20.2 Å². The van der Waals surface area contributed by atoms with Crippen molar-refractivity contribution in [2.24, 2.45) is 0 Å². The van der Waals surface area contributed by atoms with Gasteiger partial charge in [0.05, 0.1) is 0 Å². The van der Waals surface area contributed by atoms with E-state index in [0.29, 0.717) is 5.75 Å². The zero-order valence-electron chi connectivity index (χ0n) is 11.8. The van der Waals surface area contributed by atoms with Gasteiger partial charge in [-0.3, -0.25) is 0 Å². The Kier molecular flexibility index (Phi) is 11.4. The molecule has 102 valence electrons. The van der Waals surface area contributed by atoms with Crippen molar-refractivity contribution in [3.05, 3.63) is 43.0 Å². The van der Waals surface area contributed by atoms with E-state index in [1.54, 1.807) is 6.07 Å². The first-order valence-electron chi connectivity index (χ1n) is 7.11. The first-order chi connectivity index (χ1) is 8.84. The van der Waals surface area contributed by atoms with Crippen LogP contribution in [0.15, 0.2) is 37.4 Å². The maximum absolute atomic E-state index is 9.58. The van der Waals surface area contributed by atoms with Gasteiger partial charge in [0.15, 0.2) is 0 Å². The molecule has 0 saturated carbocycles. The fourth-order valence-corrected chi connectivity index (χ4v) is 1.99. The Labute approximate surface area is 113 Å². The highest BCUT2D eigenvalue weighted by molar-refractivity contribution is 5.31. The normalized spacial score (nSPS) is 9.61. The molecule has 0 aromatic heterocycles. The average Bonchev–Trinajstić information content (AvgIpc) is 2.42. The predicted molar refractivity (Wildman–Crippen MR) is 81.1 cm³/mol. The average molecular weight is 248 g/mol. The quantitative estimate of drug-likeness (QED) is 0.476. The minimum Gasteiger partial charge on any atom is -0.508 e. The van der Waals surface area contributed by atoms with E-state index < -0.39 is 0 Å². The molecule has 0 atom stereocenters. The standard InChI is InChI=1S/C15H24O.C2H4/c1-2-3-4-5-6-7-8-11-14-12-9-10-13-15(14)16;1-2/h9-10,12-13,16H,2-8,11H2,1H3;1-2H2. The number of phenolic OH excluding ortho intramolecular Hbond substituents is 1. The summed E-state index contributed by atoms with van der Waals surface area (Å²) in [6, 6.07) is 7.67. The van der Waals surface area contributed by atoms with Gasteiger partial charge in [-0.05, 0) is 24.5 Å². The number of phenols is 1. The van der Waals surface area contributed by atoms with Gasteiger partial charge >= 0.3 is 0 Å². The molecule has 0 fully saturated rings. The molecule has 1 heteroatoms. The first-order valence-corrected chi connectivity index (χ1v) is 7.11. The zero-order valence-corrected chi connectivity index (χ0v) is 11.8. The van der Waals surface area contributed by atoms with E-state index in [4.69, 9.17) is 0 Å². The Balaban J connectivity index is 0.00000137. The largest absolute Gasteiger partial charge is 0.508 e. The number of benzene rings is 1. The van der Waals surface area contributed by atoms with Crippen LogP contribution >= 0.6 is 0 Å². The lowest BCUT2D eigenvalue weighted by Crippen LogP contribution is -1.87. The minimum atomic E-state index is 0.452. The Morgan fingerprint density at radius 2 is 1.44 bits per heavy atom. The molecule has 0 amide bonds. The lowest BCUT2D eigenvalue weighted by Gasteiger charge is -2.04.